The first-order valence-electron chi connectivity index (χ1n) is 5.74. The van der Waals surface area contributed by atoms with Crippen molar-refractivity contribution in [2.75, 3.05) is 5.32 Å². The molecule has 1 rings (SSSR count). The average Bonchev–Trinajstić information content (AvgIpc) is 2.45. The molecule has 1 aromatic rings. The number of aryl methyl sites for hydroxylation is 1. The molecule has 1 heterocycles. The molecule has 1 N–H and O–H groups in total. The molecule has 17 heavy (non-hydrogen) atoms. The quantitative estimate of drug-likeness (QED) is 0.634. The van der Waals surface area contributed by atoms with E-state index < -0.39 is 4.92 Å². The van der Waals surface area contributed by atoms with E-state index in [4.69, 9.17) is 0 Å². The van der Waals surface area contributed by atoms with Gasteiger partial charge < -0.3 is 15.4 Å². The average molecular weight is 240 g/mol. The molecule has 96 valence electrons. The number of aromatic nitrogens is 2. The fraction of sp³-hybridized carbons (Fsp3) is 0.727. The summed E-state index contributed by atoms with van der Waals surface area (Å²) in [5.74, 6) is 1.01. The van der Waals surface area contributed by atoms with Gasteiger partial charge in [-0.1, -0.05) is 13.3 Å². The second kappa shape index (κ2) is 4.73. The van der Waals surface area contributed by atoms with Crippen LogP contribution >= 0.6 is 0 Å². The molecule has 0 fully saturated rings. The van der Waals surface area contributed by atoms with Gasteiger partial charge >= 0.3 is 5.82 Å². The minimum absolute atomic E-state index is 0.103. The normalized spacial score (nSPS) is 11.6. The van der Waals surface area contributed by atoms with E-state index >= 15 is 0 Å². The summed E-state index contributed by atoms with van der Waals surface area (Å²) in [6, 6.07) is 0. The van der Waals surface area contributed by atoms with Crippen LogP contribution in [-0.4, -0.2) is 20.0 Å². The number of nitrogens with one attached hydrogen (secondary N) is 1. The zero-order valence-electron chi connectivity index (χ0n) is 11.1. The molecule has 0 amide bonds. The first kappa shape index (κ1) is 13.5. The molecule has 6 heteroatoms. The number of anilines is 1. The molecule has 0 aliphatic rings. The van der Waals surface area contributed by atoms with Crippen molar-refractivity contribution >= 4 is 11.6 Å². The van der Waals surface area contributed by atoms with Gasteiger partial charge in [0.25, 0.3) is 0 Å². The first-order chi connectivity index (χ1) is 7.78. The molecule has 0 radical (unpaired) electrons. The van der Waals surface area contributed by atoms with Crippen molar-refractivity contribution in [3.63, 3.8) is 0 Å². The molecule has 0 spiro atoms. The number of imidazole rings is 1. The van der Waals surface area contributed by atoms with Gasteiger partial charge in [-0.2, -0.15) is 0 Å². The lowest BCUT2D eigenvalue weighted by atomic mass is 9.99. The van der Waals surface area contributed by atoms with Gasteiger partial charge in [0.1, 0.15) is 0 Å². The molecule has 0 aromatic carbocycles. The molecule has 1 aromatic heterocycles. The number of rotatable bonds is 5. The molecular weight excluding hydrogens is 220 g/mol. The third-order valence-electron chi connectivity index (χ3n) is 2.81. The van der Waals surface area contributed by atoms with Crippen LogP contribution in [0.3, 0.4) is 0 Å². The molecule has 0 unspecified atom stereocenters. The van der Waals surface area contributed by atoms with E-state index in [0.717, 1.165) is 12.8 Å². The molecule has 0 saturated heterocycles. The second-order valence-corrected chi connectivity index (χ2v) is 4.91. The molecule has 0 aliphatic carbocycles. The summed E-state index contributed by atoms with van der Waals surface area (Å²) in [5.41, 5.74) is -0.181. The molecule has 0 bridgehead atoms. The van der Waals surface area contributed by atoms with Crippen molar-refractivity contribution in [2.45, 2.75) is 46.1 Å². The fourth-order valence-electron chi connectivity index (χ4n) is 1.87. The Labute approximate surface area is 101 Å². The van der Waals surface area contributed by atoms with Crippen molar-refractivity contribution in [1.29, 1.82) is 0 Å². The van der Waals surface area contributed by atoms with Gasteiger partial charge in [-0.25, -0.2) is 0 Å². The molecule has 6 nitrogen and oxygen atoms in total. The maximum absolute atomic E-state index is 10.9. The number of hydrogen-bond donors (Lipinski definition) is 1. The second-order valence-electron chi connectivity index (χ2n) is 4.91. The first-order valence-corrected chi connectivity index (χ1v) is 5.74. The van der Waals surface area contributed by atoms with Gasteiger partial charge in [-0.15, -0.1) is 0 Å². The lowest BCUT2D eigenvalue weighted by Gasteiger charge is -2.26. The smallest absolute Gasteiger partial charge is 0.359 e. The maximum Gasteiger partial charge on any atom is 0.406 e. The zero-order chi connectivity index (χ0) is 13.2. The Hall–Kier alpha value is -1.59. The Balaban J connectivity index is 3.09. The molecule has 0 saturated carbocycles. The van der Waals surface area contributed by atoms with E-state index in [1.807, 2.05) is 13.8 Å². The van der Waals surface area contributed by atoms with E-state index in [9.17, 15) is 10.1 Å². The van der Waals surface area contributed by atoms with Crippen LogP contribution in [-0.2, 0) is 7.05 Å². The van der Waals surface area contributed by atoms with Crippen molar-refractivity contribution in [3.05, 3.63) is 15.9 Å². The summed E-state index contributed by atoms with van der Waals surface area (Å²) in [6.45, 7) is 7.91. The van der Waals surface area contributed by atoms with E-state index in [2.05, 4.69) is 17.2 Å². The van der Waals surface area contributed by atoms with E-state index in [1.165, 1.54) is 0 Å². The SMILES string of the molecule is CCCC(C)(C)Nc1c([N+](=O)[O-])nc(C)n1C. The Bertz CT molecular complexity index is 423. The summed E-state index contributed by atoms with van der Waals surface area (Å²) in [7, 11) is 1.78. The van der Waals surface area contributed by atoms with Gasteiger partial charge in [0.15, 0.2) is 0 Å². The highest BCUT2D eigenvalue weighted by atomic mass is 16.6. The van der Waals surface area contributed by atoms with Crippen molar-refractivity contribution in [2.24, 2.45) is 7.05 Å². The van der Waals surface area contributed by atoms with E-state index in [1.54, 1.807) is 18.5 Å². The summed E-state index contributed by atoms with van der Waals surface area (Å²) in [5, 5.41) is 14.1. The van der Waals surface area contributed by atoms with Crippen LogP contribution < -0.4 is 5.32 Å². The van der Waals surface area contributed by atoms with Crippen LogP contribution in [0.5, 0.6) is 0 Å². The highest BCUT2D eigenvalue weighted by Gasteiger charge is 2.28. The Kier molecular flexibility index (Phi) is 3.75. The van der Waals surface area contributed by atoms with Crippen LogP contribution in [0, 0.1) is 17.0 Å². The predicted octanol–water partition coefficient (Wildman–Crippen LogP) is 2.63. The fourth-order valence-corrected chi connectivity index (χ4v) is 1.87. The predicted molar refractivity (Wildman–Crippen MR) is 67.2 cm³/mol. The number of nitro groups is 1. The Morgan fingerprint density at radius 3 is 2.59 bits per heavy atom. The van der Waals surface area contributed by atoms with Crippen LogP contribution in [0.25, 0.3) is 0 Å². The van der Waals surface area contributed by atoms with Crippen molar-refractivity contribution in [3.8, 4) is 0 Å². The van der Waals surface area contributed by atoms with Crippen molar-refractivity contribution in [1.82, 2.24) is 9.55 Å². The molecule has 0 atom stereocenters. The third kappa shape index (κ3) is 2.95. The van der Waals surface area contributed by atoms with Gasteiger partial charge in [-0.05, 0) is 30.2 Å². The molecule has 0 aliphatic heterocycles. The van der Waals surface area contributed by atoms with Gasteiger partial charge in [0.2, 0.25) is 11.6 Å². The van der Waals surface area contributed by atoms with Crippen LogP contribution in [0.4, 0.5) is 11.6 Å². The summed E-state index contributed by atoms with van der Waals surface area (Å²) in [6.07, 6.45) is 1.96. The standard InChI is InChI=1S/C11H20N4O2/c1-6-7-11(3,4)13-10-9(15(16)17)12-8(2)14(10)5/h13H,6-7H2,1-5H3. The minimum Gasteiger partial charge on any atom is -0.359 e. The topological polar surface area (TPSA) is 73.0 Å². The maximum atomic E-state index is 10.9. The summed E-state index contributed by atoms with van der Waals surface area (Å²) in [4.78, 5) is 14.4. The van der Waals surface area contributed by atoms with Crippen LogP contribution in [0.2, 0.25) is 0 Å². The lowest BCUT2D eigenvalue weighted by molar-refractivity contribution is -0.388. The highest BCUT2D eigenvalue weighted by Crippen LogP contribution is 2.28. The van der Waals surface area contributed by atoms with Gasteiger partial charge in [-0.3, -0.25) is 4.57 Å². The van der Waals surface area contributed by atoms with E-state index in [-0.39, 0.29) is 11.4 Å². The Morgan fingerprint density at radius 1 is 1.53 bits per heavy atom. The van der Waals surface area contributed by atoms with Gasteiger partial charge in [0.05, 0.1) is 0 Å². The number of nitrogens with zero attached hydrogens (tertiary/aromatic N) is 3. The Morgan fingerprint density at radius 2 is 2.12 bits per heavy atom. The van der Waals surface area contributed by atoms with E-state index in [0.29, 0.717) is 11.6 Å². The third-order valence-corrected chi connectivity index (χ3v) is 2.81. The zero-order valence-corrected chi connectivity index (χ0v) is 11.1. The highest BCUT2D eigenvalue weighted by molar-refractivity contribution is 5.54. The van der Waals surface area contributed by atoms with Crippen LogP contribution in [0.15, 0.2) is 0 Å². The summed E-state index contributed by atoms with van der Waals surface area (Å²) < 4.78 is 1.72. The monoisotopic (exact) mass is 240 g/mol. The molecular formula is C11H20N4O2. The van der Waals surface area contributed by atoms with Crippen molar-refractivity contribution < 1.29 is 4.92 Å². The largest absolute Gasteiger partial charge is 0.406 e. The lowest BCUT2D eigenvalue weighted by Crippen LogP contribution is -2.31. The summed E-state index contributed by atoms with van der Waals surface area (Å²) >= 11 is 0. The minimum atomic E-state index is -0.447. The van der Waals surface area contributed by atoms with Crippen LogP contribution in [0.1, 0.15) is 39.4 Å². The van der Waals surface area contributed by atoms with Gasteiger partial charge in [0, 0.05) is 19.5 Å². The number of hydrogen-bond acceptors (Lipinski definition) is 4.